The molecule has 0 radical (unpaired) electrons. The van der Waals surface area contributed by atoms with Crippen molar-refractivity contribution in [2.24, 2.45) is 7.05 Å². The molecule has 5 nitrogen and oxygen atoms in total. The van der Waals surface area contributed by atoms with E-state index in [9.17, 15) is 4.79 Å². The normalized spacial score (nSPS) is 12.4. The summed E-state index contributed by atoms with van der Waals surface area (Å²) in [6.07, 6.45) is 3.31. The van der Waals surface area contributed by atoms with Gasteiger partial charge in [-0.1, -0.05) is 23.7 Å². The van der Waals surface area contributed by atoms with Crippen molar-refractivity contribution in [2.75, 3.05) is 20.6 Å². The van der Waals surface area contributed by atoms with Crippen LogP contribution in [-0.2, 0) is 7.05 Å². The van der Waals surface area contributed by atoms with Crippen molar-refractivity contribution in [2.45, 2.75) is 6.04 Å². The van der Waals surface area contributed by atoms with Crippen molar-refractivity contribution in [1.82, 2.24) is 19.8 Å². The van der Waals surface area contributed by atoms with Crippen LogP contribution in [0.2, 0.25) is 5.02 Å². The van der Waals surface area contributed by atoms with Crippen molar-refractivity contribution in [3.8, 4) is 0 Å². The molecule has 2 rings (SSSR count). The van der Waals surface area contributed by atoms with Gasteiger partial charge in [-0.25, -0.2) is 4.98 Å². The molecule has 0 saturated carbocycles. The Morgan fingerprint density at radius 3 is 2.57 bits per heavy atom. The van der Waals surface area contributed by atoms with Crippen LogP contribution in [0.25, 0.3) is 0 Å². The Labute approximate surface area is 129 Å². The summed E-state index contributed by atoms with van der Waals surface area (Å²) >= 11 is 5.92. The zero-order valence-corrected chi connectivity index (χ0v) is 13.1. The molecule has 1 amide bonds. The fourth-order valence-corrected chi connectivity index (χ4v) is 2.18. The highest BCUT2D eigenvalue weighted by Gasteiger charge is 2.18. The first kappa shape index (κ1) is 15.5. The van der Waals surface area contributed by atoms with Gasteiger partial charge in [0.05, 0.1) is 12.4 Å². The van der Waals surface area contributed by atoms with Crippen LogP contribution in [0.3, 0.4) is 0 Å². The van der Waals surface area contributed by atoms with Crippen molar-refractivity contribution in [3.63, 3.8) is 0 Å². The fraction of sp³-hybridized carbons (Fsp3) is 0.333. The van der Waals surface area contributed by atoms with Crippen LogP contribution in [0.1, 0.15) is 22.1 Å². The Hall–Kier alpha value is -1.85. The molecule has 1 aromatic carbocycles. The van der Waals surface area contributed by atoms with E-state index in [4.69, 9.17) is 11.6 Å². The summed E-state index contributed by atoms with van der Waals surface area (Å²) in [6.45, 7) is 0.695. The quantitative estimate of drug-likeness (QED) is 0.920. The summed E-state index contributed by atoms with van der Waals surface area (Å²) in [5, 5.41) is 3.69. The standard InChI is InChI=1S/C15H19ClN4O/c1-19(2)8-13(11-4-6-12(16)7-5-11)18-15(21)14-9-20(3)10-17-14/h4-7,9-10,13H,8H2,1-3H3,(H,18,21). The number of aromatic nitrogens is 2. The molecule has 0 bridgehead atoms. The average Bonchev–Trinajstić information content (AvgIpc) is 2.85. The second-order valence-electron chi connectivity index (χ2n) is 5.26. The maximum Gasteiger partial charge on any atom is 0.271 e. The molecule has 1 heterocycles. The van der Waals surface area contributed by atoms with Gasteiger partial charge in [0, 0.05) is 24.8 Å². The average molecular weight is 307 g/mol. The largest absolute Gasteiger partial charge is 0.343 e. The third kappa shape index (κ3) is 4.31. The predicted molar refractivity (Wildman–Crippen MR) is 83.4 cm³/mol. The number of halogens is 1. The van der Waals surface area contributed by atoms with E-state index in [-0.39, 0.29) is 11.9 Å². The van der Waals surface area contributed by atoms with Crippen LogP contribution in [0.15, 0.2) is 36.8 Å². The monoisotopic (exact) mass is 306 g/mol. The predicted octanol–water partition coefficient (Wildman–Crippen LogP) is 2.11. The molecular weight excluding hydrogens is 288 g/mol. The van der Waals surface area contributed by atoms with E-state index in [1.807, 2.05) is 50.3 Å². The molecule has 112 valence electrons. The fourth-order valence-electron chi connectivity index (χ4n) is 2.06. The van der Waals surface area contributed by atoms with Gasteiger partial charge in [0.1, 0.15) is 5.69 Å². The van der Waals surface area contributed by atoms with Gasteiger partial charge in [-0.05, 0) is 31.8 Å². The molecule has 0 aliphatic rings. The molecule has 1 atom stereocenters. The van der Waals surface area contributed by atoms with E-state index in [1.165, 1.54) is 0 Å². The lowest BCUT2D eigenvalue weighted by Gasteiger charge is -2.22. The molecule has 1 unspecified atom stereocenters. The van der Waals surface area contributed by atoms with Gasteiger partial charge in [-0.2, -0.15) is 0 Å². The van der Waals surface area contributed by atoms with Gasteiger partial charge >= 0.3 is 0 Å². The van der Waals surface area contributed by atoms with Gasteiger partial charge in [0.15, 0.2) is 0 Å². The van der Waals surface area contributed by atoms with Crippen LogP contribution < -0.4 is 5.32 Å². The van der Waals surface area contributed by atoms with Crippen LogP contribution in [0, 0.1) is 0 Å². The maximum atomic E-state index is 12.3. The second kappa shape index (κ2) is 6.74. The Balaban J connectivity index is 2.16. The van der Waals surface area contributed by atoms with Gasteiger partial charge in [0.25, 0.3) is 5.91 Å². The summed E-state index contributed by atoms with van der Waals surface area (Å²) in [6, 6.07) is 7.38. The number of amides is 1. The number of carbonyl (C=O) groups is 1. The first-order chi connectivity index (χ1) is 9.95. The van der Waals surface area contributed by atoms with E-state index in [0.717, 1.165) is 5.56 Å². The first-order valence-corrected chi connectivity index (χ1v) is 7.02. The number of likely N-dealkylation sites (N-methyl/N-ethyl adjacent to an activating group) is 1. The third-order valence-corrected chi connectivity index (χ3v) is 3.31. The van der Waals surface area contributed by atoms with Crippen LogP contribution in [-0.4, -0.2) is 41.0 Å². The molecule has 2 aromatic rings. The second-order valence-corrected chi connectivity index (χ2v) is 5.70. The van der Waals surface area contributed by atoms with Crippen molar-refractivity contribution in [3.05, 3.63) is 53.1 Å². The van der Waals surface area contributed by atoms with E-state index in [0.29, 0.717) is 17.3 Å². The summed E-state index contributed by atoms with van der Waals surface area (Å²) in [4.78, 5) is 18.4. The minimum atomic E-state index is -0.183. The third-order valence-electron chi connectivity index (χ3n) is 3.06. The van der Waals surface area contributed by atoms with Crippen molar-refractivity contribution >= 4 is 17.5 Å². The van der Waals surface area contributed by atoms with Gasteiger partial charge < -0.3 is 14.8 Å². The molecule has 0 spiro atoms. The summed E-state index contributed by atoms with van der Waals surface area (Å²) in [5.41, 5.74) is 1.42. The topological polar surface area (TPSA) is 50.2 Å². The van der Waals surface area contributed by atoms with Gasteiger partial charge in [0.2, 0.25) is 0 Å². The zero-order chi connectivity index (χ0) is 15.4. The van der Waals surface area contributed by atoms with Gasteiger partial charge in [-0.15, -0.1) is 0 Å². The number of hydrogen-bond donors (Lipinski definition) is 1. The molecule has 0 aliphatic heterocycles. The first-order valence-electron chi connectivity index (χ1n) is 6.64. The SMILES string of the molecule is CN(C)CC(NC(=O)c1cn(C)cn1)c1ccc(Cl)cc1. The van der Waals surface area contributed by atoms with Crippen LogP contribution in [0.4, 0.5) is 0 Å². The number of carbonyl (C=O) groups excluding carboxylic acids is 1. The lowest BCUT2D eigenvalue weighted by molar-refractivity contribution is 0.0925. The molecule has 1 N–H and O–H groups in total. The van der Waals surface area contributed by atoms with Crippen molar-refractivity contribution < 1.29 is 4.79 Å². The molecule has 0 saturated heterocycles. The number of hydrogen-bond acceptors (Lipinski definition) is 3. The molecular formula is C15H19ClN4O. The Bertz CT molecular complexity index is 606. The van der Waals surface area contributed by atoms with E-state index in [1.54, 1.807) is 17.1 Å². The minimum Gasteiger partial charge on any atom is -0.343 e. The highest BCUT2D eigenvalue weighted by Crippen LogP contribution is 2.17. The molecule has 0 aliphatic carbocycles. The summed E-state index contributed by atoms with van der Waals surface area (Å²) in [7, 11) is 5.77. The number of benzene rings is 1. The van der Waals surface area contributed by atoms with E-state index in [2.05, 4.69) is 10.3 Å². The van der Waals surface area contributed by atoms with E-state index < -0.39 is 0 Å². The smallest absolute Gasteiger partial charge is 0.271 e. The molecule has 0 fully saturated rings. The number of nitrogens with one attached hydrogen (secondary N) is 1. The highest BCUT2D eigenvalue weighted by atomic mass is 35.5. The van der Waals surface area contributed by atoms with Gasteiger partial charge in [-0.3, -0.25) is 4.79 Å². The molecule has 21 heavy (non-hydrogen) atoms. The number of imidazole rings is 1. The van der Waals surface area contributed by atoms with Crippen LogP contribution >= 0.6 is 11.6 Å². The Morgan fingerprint density at radius 2 is 2.05 bits per heavy atom. The lowest BCUT2D eigenvalue weighted by atomic mass is 10.1. The Morgan fingerprint density at radius 1 is 1.38 bits per heavy atom. The lowest BCUT2D eigenvalue weighted by Crippen LogP contribution is -2.35. The summed E-state index contributed by atoms with van der Waals surface area (Å²) in [5.74, 6) is -0.183. The van der Waals surface area contributed by atoms with Crippen molar-refractivity contribution in [1.29, 1.82) is 0 Å². The highest BCUT2D eigenvalue weighted by molar-refractivity contribution is 6.30. The van der Waals surface area contributed by atoms with E-state index >= 15 is 0 Å². The minimum absolute atomic E-state index is 0.119. The maximum absolute atomic E-state index is 12.3. The molecule has 1 aromatic heterocycles. The molecule has 6 heteroatoms. The number of rotatable bonds is 5. The zero-order valence-electron chi connectivity index (χ0n) is 12.4. The number of aryl methyl sites for hydroxylation is 1. The summed E-state index contributed by atoms with van der Waals surface area (Å²) < 4.78 is 1.75. The number of nitrogens with zero attached hydrogens (tertiary/aromatic N) is 3. The van der Waals surface area contributed by atoms with Crippen LogP contribution in [0.5, 0.6) is 0 Å². The Kier molecular flexibility index (Phi) is 4.98.